The van der Waals surface area contributed by atoms with Crippen molar-refractivity contribution in [3.63, 3.8) is 0 Å². The van der Waals surface area contributed by atoms with Crippen molar-refractivity contribution in [1.29, 1.82) is 0 Å². The van der Waals surface area contributed by atoms with E-state index in [0.717, 1.165) is 48.9 Å². The molecule has 21 heavy (non-hydrogen) atoms. The number of anilines is 1. The van der Waals surface area contributed by atoms with Crippen molar-refractivity contribution in [2.75, 3.05) is 31.2 Å². The molecule has 1 fully saturated rings. The fourth-order valence-corrected chi connectivity index (χ4v) is 2.53. The minimum absolute atomic E-state index is 0.514. The van der Waals surface area contributed by atoms with Gasteiger partial charge in [0, 0.05) is 37.6 Å². The summed E-state index contributed by atoms with van der Waals surface area (Å²) in [7, 11) is 0. The molecule has 0 saturated carbocycles. The third-order valence-corrected chi connectivity index (χ3v) is 3.72. The molecular weight excluding hydrogens is 264 g/mol. The molecule has 5 nitrogen and oxygen atoms in total. The molecule has 1 aliphatic rings. The Hall–Kier alpha value is -1.98. The van der Waals surface area contributed by atoms with Gasteiger partial charge in [-0.25, -0.2) is 4.98 Å². The van der Waals surface area contributed by atoms with E-state index in [0.29, 0.717) is 6.54 Å². The summed E-state index contributed by atoms with van der Waals surface area (Å²) in [6.07, 6.45) is 3.71. The molecule has 0 unspecified atom stereocenters. The van der Waals surface area contributed by atoms with Crippen LogP contribution in [0.5, 0.6) is 0 Å². The molecule has 0 aromatic carbocycles. The second-order valence-corrected chi connectivity index (χ2v) is 5.22. The second-order valence-electron chi connectivity index (χ2n) is 5.22. The topological polar surface area (TPSA) is 64.3 Å². The Kier molecular flexibility index (Phi) is 4.13. The van der Waals surface area contributed by atoms with Gasteiger partial charge < -0.3 is 15.4 Å². The predicted molar refractivity (Wildman–Crippen MR) is 83.1 cm³/mol. The fourth-order valence-electron chi connectivity index (χ4n) is 2.53. The molecule has 2 aromatic heterocycles. The number of hydrogen-bond acceptors (Lipinski definition) is 5. The lowest BCUT2D eigenvalue weighted by Gasteiger charge is -2.29. The van der Waals surface area contributed by atoms with Crippen LogP contribution < -0.4 is 10.6 Å². The molecule has 110 valence electrons. The number of morpholine rings is 1. The zero-order chi connectivity index (χ0) is 14.7. The normalized spacial score (nSPS) is 15.2. The molecule has 0 amide bonds. The third-order valence-electron chi connectivity index (χ3n) is 3.72. The highest BCUT2D eigenvalue weighted by Crippen LogP contribution is 2.24. The zero-order valence-electron chi connectivity index (χ0n) is 12.2. The summed E-state index contributed by atoms with van der Waals surface area (Å²) in [5.41, 5.74) is 9.76. The highest BCUT2D eigenvalue weighted by Gasteiger charge is 2.15. The molecule has 0 bridgehead atoms. The van der Waals surface area contributed by atoms with E-state index in [9.17, 15) is 0 Å². The van der Waals surface area contributed by atoms with Gasteiger partial charge in [0.25, 0.3) is 0 Å². The summed E-state index contributed by atoms with van der Waals surface area (Å²) in [6, 6.07) is 6.14. The zero-order valence-corrected chi connectivity index (χ0v) is 12.2. The largest absolute Gasteiger partial charge is 0.378 e. The lowest BCUT2D eigenvalue weighted by atomic mass is 10.1. The van der Waals surface area contributed by atoms with Crippen LogP contribution >= 0.6 is 0 Å². The first-order valence-corrected chi connectivity index (χ1v) is 7.22. The minimum Gasteiger partial charge on any atom is -0.378 e. The van der Waals surface area contributed by atoms with Gasteiger partial charge >= 0.3 is 0 Å². The van der Waals surface area contributed by atoms with E-state index in [1.165, 1.54) is 5.56 Å². The molecular formula is C16H20N4O. The van der Waals surface area contributed by atoms with E-state index >= 15 is 0 Å². The van der Waals surface area contributed by atoms with E-state index in [1.54, 1.807) is 0 Å². The number of nitrogens with two attached hydrogens (primary N) is 1. The average molecular weight is 284 g/mol. The van der Waals surface area contributed by atoms with Crippen LogP contribution in [0.3, 0.4) is 0 Å². The number of aryl methyl sites for hydroxylation is 1. The van der Waals surface area contributed by atoms with Gasteiger partial charge in [-0.05, 0) is 30.2 Å². The first kappa shape index (κ1) is 14.0. The van der Waals surface area contributed by atoms with Crippen molar-refractivity contribution < 1.29 is 4.74 Å². The Balaban J connectivity index is 1.85. The van der Waals surface area contributed by atoms with Gasteiger partial charge in [0.1, 0.15) is 5.82 Å². The Labute approximate surface area is 124 Å². The Bertz CT molecular complexity index is 606. The molecule has 3 heterocycles. The monoisotopic (exact) mass is 284 g/mol. The van der Waals surface area contributed by atoms with E-state index in [4.69, 9.17) is 10.5 Å². The lowest BCUT2D eigenvalue weighted by molar-refractivity contribution is 0.122. The van der Waals surface area contributed by atoms with Crippen LogP contribution in [0.2, 0.25) is 0 Å². The van der Waals surface area contributed by atoms with Crippen LogP contribution in [0.15, 0.2) is 30.6 Å². The van der Waals surface area contributed by atoms with Crippen molar-refractivity contribution in [2.24, 2.45) is 5.73 Å². The summed E-state index contributed by atoms with van der Waals surface area (Å²) >= 11 is 0. The van der Waals surface area contributed by atoms with E-state index in [1.807, 2.05) is 24.5 Å². The van der Waals surface area contributed by atoms with Crippen LogP contribution in [0.1, 0.15) is 11.1 Å². The highest BCUT2D eigenvalue weighted by atomic mass is 16.5. The van der Waals surface area contributed by atoms with Gasteiger partial charge in [-0.2, -0.15) is 0 Å². The van der Waals surface area contributed by atoms with Crippen molar-refractivity contribution in [3.8, 4) is 11.3 Å². The maximum atomic E-state index is 5.60. The van der Waals surface area contributed by atoms with Gasteiger partial charge in [0.15, 0.2) is 0 Å². The molecule has 0 spiro atoms. The SMILES string of the molecule is Cc1cc(-c2ccc(CN)cn2)cnc1N1CCOCC1. The van der Waals surface area contributed by atoms with Crippen LogP contribution in [-0.4, -0.2) is 36.3 Å². The number of ether oxygens (including phenoxy) is 1. The maximum Gasteiger partial charge on any atom is 0.131 e. The molecule has 1 aliphatic heterocycles. The first-order chi connectivity index (χ1) is 10.3. The molecule has 2 N–H and O–H groups in total. The van der Waals surface area contributed by atoms with E-state index in [2.05, 4.69) is 27.9 Å². The molecule has 3 rings (SSSR count). The number of hydrogen-bond donors (Lipinski definition) is 1. The first-order valence-electron chi connectivity index (χ1n) is 7.22. The lowest BCUT2D eigenvalue weighted by Crippen LogP contribution is -2.37. The molecule has 5 heteroatoms. The molecule has 1 saturated heterocycles. The van der Waals surface area contributed by atoms with Crippen LogP contribution in [0.4, 0.5) is 5.82 Å². The standard InChI is InChI=1S/C16H20N4O/c1-12-8-14(15-3-2-13(9-17)10-18-15)11-19-16(12)20-4-6-21-7-5-20/h2-3,8,10-11H,4-7,9,17H2,1H3. The molecule has 0 aliphatic carbocycles. The summed E-state index contributed by atoms with van der Waals surface area (Å²) in [4.78, 5) is 11.3. The summed E-state index contributed by atoms with van der Waals surface area (Å²) in [5, 5.41) is 0. The van der Waals surface area contributed by atoms with Crippen LogP contribution in [0, 0.1) is 6.92 Å². The number of rotatable bonds is 3. The van der Waals surface area contributed by atoms with Crippen LogP contribution in [-0.2, 0) is 11.3 Å². The fraction of sp³-hybridized carbons (Fsp3) is 0.375. The highest BCUT2D eigenvalue weighted by molar-refractivity contribution is 5.62. The summed E-state index contributed by atoms with van der Waals surface area (Å²) in [6.45, 7) is 5.94. The minimum atomic E-state index is 0.514. The van der Waals surface area contributed by atoms with Gasteiger partial charge in [0.05, 0.1) is 18.9 Å². The maximum absolute atomic E-state index is 5.60. The second kappa shape index (κ2) is 6.20. The van der Waals surface area contributed by atoms with Gasteiger partial charge in [-0.15, -0.1) is 0 Å². The van der Waals surface area contributed by atoms with Crippen LogP contribution in [0.25, 0.3) is 11.3 Å². The number of aromatic nitrogens is 2. The third kappa shape index (κ3) is 3.04. The van der Waals surface area contributed by atoms with Gasteiger partial charge in [0.2, 0.25) is 0 Å². The quantitative estimate of drug-likeness (QED) is 0.930. The van der Waals surface area contributed by atoms with E-state index in [-0.39, 0.29) is 0 Å². The van der Waals surface area contributed by atoms with Gasteiger partial charge in [-0.3, -0.25) is 4.98 Å². The Morgan fingerprint density at radius 2 is 2.00 bits per heavy atom. The number of nitrogens with zero attached hydrogens (tertiary/aromatic N) is 3. The van der Waals surface area contributed by atoms with Crippen molar-refractivity contribution in [1.82, 2.24) is 9.97 Å². The van der Waals surface area contributed by atoms with Crippen molar-refractivity contribution in [3.05, 3.63) is 41.7 Å². The molecule has 0 atom stereocenters. The van der Waals surface area contributed by atoms with Crippen molar-refractivity contribution >= 4 is 5.82 Å². The van der Waals surface area contributed by atoms with Gasteiger partial charge in [-0.1, -0.05) is 6.07 Å². The van der Waals surface area contributed by atoms with E-state index < -0.39 is 0 Å². The summed E-state index contributed by atoms with van der Waals surface area (Å²) in [5.74, 6) is 1.04. The average Bonchev–Trinajstić information content (AvgIpc) is 2.55. The Morgan fingerprint density at radius 3 is 2.62 bits per heavy atom. The number of pyridine rings is 2. The molecule has 2 aromatic rings. The Morgan fingerprint density at radius 1 is 1.19 bits per heavy atom. The van der Waals surface area contributed by atoms with Crippen molar-refractivity contribution in [2.45, 2.75) is 13.5 Å². The smallest absolute Gasteiger partial charge is 0.131 e. The molecule has 0 radical (unpaired) electrons. The predicted octanol–water partition coefficient (Wildman–Crippen LogP) is 1.75. The summed E-state index contributed by atoms with van der Waals surface area (Å²) < 4.78 is 5.39.